The Kier molecular flexibility index (Phi) is 2.30. The third-order valence-corrected chi connectivity index (χ3v) is 1.99. The van der Waals surface area contributed by atoms with Crippen LogP contribution in [0.4, 0.5) is 0 Å². The van der Waals surface area contributed by atoms with Crippen LogP contribution in [0.5, 0.6) is 0 Å². The average Bonchev–Trinajstić information content (AvgIpc) is 1.82. The van der Waals surface area contributed by atoms with E-state index in [9.17, 15) is 4.79 Å². The van der Waals surface area contributed by atoms with Crippen LogP contribution < -0.4 is 0 Å². The van der Waals surface area contributed by atoms with Crippen LogP contribution >= 0.6 is 0 Å². The molecule has 0 N–H and O–H groups in total. The van der Waals surface area contributed by atoms with Gasteiger partial charge in [0.05, 0.1) is 12.5 Å². The largest absolute Gasteiger partial charge is 0.466 e. The first-order chi connectivity index (χ1) is 4.74. The molecule has 0 spiro atoms. The Balaban J connectivity index is 2.18. The molecule has 1 aliphatic rings. The molecule has 0 radical (unpaired) electrons. The quantitative estimate of drug-likeness (QED) is 0.547. The molecule has 2 heteroatoms. The van der Waals surface area contributed by atoms with Crippen molar-refractivity contribution >= 4 is 5.97 Å². The van der Waals surface area contributed by atoms with Crippen LogP contribution in [-0.2, 0) is 9.53 Å². The summed E-state index contributed by atoms with van der Waals surface area (Å²) in [6, 6.07) is 0. The third kappa shape index (κ3) is 1.49. The van der Waals surface area contributed by atoms with Crippen LogP contribution in [0.2, 0.25) is 0 Å². The molecule has 1 fully saturated rings. The lowest BCUT2D eigenvalue weighted by molar-refractivity contribution is -0.152. The van der Waals surface area contributed by atoms with Gasteiger partial charge < -0.3 is 4.74 Å². The van der Waals surface area contributed by atoms with Gasteiger partial charge in [0.25, 0.3) is 0 Å². The minimum Gasteiger partial charge on any atom is -0.466 e. The molecule has 0 bridgehead atoms. The predicted molar refractivity (Wildman–Crippen MR) is 38.5 cm³/mol. The highest BCUT2D eigenvalue weighted by Crippen LogP contribution is 2.33. The summed E-state index contributed by atoms with van der Waals surface area (Å²) in [5.74, 6) is 0.949. The molecule has 10 heavy (non-hydrogen) atoms. The maximum absolute atomic E-state index is 10.9. The van der Waals surface area contributed by atoms with E-state index in [4.69, 9.17) is 4.74 Å². The lowest BCUT2D eigenvalue weighted by Gasteiger charge is -2.30. The minimum absolute atomic E-state index is 0.000556. The first kappa shape index (κ1) is 7.58. The third-order valence-electron chi connectivity index (χ3n) is 1.99. The van der Waals surface area contributed by atoms with Crippen LogP contribution in [-0.4, -0.2) is 12.6 Å². The molecule has 0 aliphatic heterocycles. The van der Waals surface area contributed by atoms with Crippen molar-refractivity contribution < 1.29 is 9.53 Å². The summed E-state index contributed by atoms with van der Waals surface area (Å²) in [6.07, 6.45) is 2.05. The highest BCUT2D eigenvalue weighted by atomic mass is 16.5. The first-order valence-electron chi connectivity index (χ1n) is 3.90. The molecule has 0 heterocycles. The van der Waals surface area contributed by atoms with Gasteiger partial charge >= 0.3 is 5.97 Å². The van der Waals surface area contributed by atoms with Crippen molar-refractivity contribution in [1.29, 1.82) is 0 Å². The molecule has 0 amide bonds. The van der Waals surface area contributed by atoms with E-state index < -0.39 is 0 Å². The second-order valence-electron chi connectivity index (χ2n) is 3.03. The van der Waals surface area contributed by atoms with Gasteiger partial charge in [-0.05, 0) is 25.7 Å². The Morgan fingerprint density at radius 3 is 2.60 bits per heavy atom. The molecule has 58 valence electrons. The lowest BCUT2D eigenvalue weighted by atomic mass is 9.76. The summed E-state index contributed by atoms with van der Waals surface area (Å²) in [6.45, 7) is 4.53. The lowest BCUT2D eigenvalue weighted by Crippen LogP contribution is -2.30. The van der Waals surface area contributed by atoms with Gasteiger partial charge in [-0.2, -0.15) is 0 Å². The fourth-order valence-electron chi connectivity index (χ4n) is 1.35. The number of hydrogen-bond donors (Lipinski definition) is 0. The second-order valence-corrected chi connectivity index (χ2v) is 3.03. The van der Waals surface area contributed by atoms with Crippen LogP contribution in [0.15, 0.2) is 0 Å². The zero-order valence-electron chi connectivity index (χ0n) is 6.59. The number of hydrogen-bond acceptors (Lipinski definition) is 2. The SMILES string of the molecule is CCOC(=O)[C@H]1C[C@@H](C)C1. The van der Waals surface area contributed by atoms with Crippen LogP contribution in [0.25, 0.3) is 0 Å². The van der Waals surface area contributed by atoms with Crippen LogP contribution in [0.3, 0.4) is 0 Å². The Hall–Kier alpha value is -0.530. The van der Waals surface area contributed by atoms with Crippen molar-refractivity contribution in [1.82, 2.24) is 0 Å². The van der Waals surface area contributed by atoms with Gasteiger partial charge in [-0.3, -0.25) is 4.79 Å². The van der Waals surface area contributed by atoms with Crippen molar-refractivity contribution in [3.8, 4) is 0 Å². The standard InChI is InChI=1S/C8H14O2/c1-3-10-8(9)7-4-6(2)5-7/h6-7H,3-5H2,1-2H3/t6-,7+. The number of esters is 1. The maximum Gasteiger partial charge on any atom is 0.308 e. The fraction of sp³-hybridized carbons (Fsp3) is 0.875. The van der Waals surface area contributed by atoms with Gasteiger partial charge in [-0.15, -0.1) is 0 Å². The minimum atomic E-state index is 0.000556. The number of rotatable bonds is 2. The van der Waals surface area contributed by atoms with Crippen LogP contribution in [0, 0.1) is 11.8 Å². The van der Waals surface area contributed by atoms with Crippen molar-refractivity contribution in [2.75, 3.05) is 6.61 Å². The smallest absolute Gasteiger partial charge is 0.308 e. The van der Waals surface area contributed by atoms with Crippen molar-refractivity contribution in [2.45, 2.75) is 26.7 Å². The van der Waals surface area contributed by atoms with Crippen molar-refractivity contribution in [2.24, 2.45) is 11.8 Å². The van der Waals surface area contributed by atoms with E-state index in [0.717, 1.165) is 18.8 Å². The average molecular weight is 142 g/mol. The topological polar surface area (TPSA) is 26.3 Å². The Bertz CT molecular complexity index is 125. The summed E-state index contributed by atoms with van der Waals surface area (Å²) in [4.78, 5) is 10.9. The zero-order chi connectivity index (χ0) is 7.56. The second kappa shape index (κ2) is 3.04. The van der Waals surface area contributed by atoms with E-state index in [1.54, 1.807) is 0 Å². The van der Waals surface area contributed by atoms with Crippen molar-refractivity contribution in [3.05, 3.63) is 0 Å². The molecule has 0 atom stereocenters. The van der Waals surface area contributed by atoms with E-state index in [0.29, 0.717) is 6.61 Å². The van der Waals surface area contributed by atoms with E-state index in [1.165, 1.54) is 0 Å². The Morgan fingerprint density at radius 2 is 2.20 bits per heavy atom. The molecule has 1 saturated carbocycles. The van der Waals surface area contributed by atoms with Crippen LogP contribution in [0.1, 0.15) is 26.7 Å². The zero-order valence-corrected chi connectivity index (χ0v) is 6.59. The Morgan fingerprint density at radius 1 is 1.60 bits per heavy atom. The molecule has 0 aromatic rings. The summed E-state index contributed by atoms with van der Waals surface area (Å²) in [5.41, 5.74) is 0. The predicted octanol–water partition coefficient (Wildman–Crippen LogP) is 1.60. The molecule has 2 nitrogen and oxygen atoms in total. The molecular weight excluding hydrogens is 128 g/mol. The Labute approximate surface area is 61.6 Å². The summed E-state index contributed by atoms with van der Waals surface area (Å²) in [5, 5.41) is 0. The van der Waals surface area contributed by atoms with Gasteiger partial charge in [0, 0.05) is 0 Å². The molecular formula is C8H14O2. The number of carbonyl (C=O) groups excluding carboxylic acids is 1. The molecule has 0 aromatic heterocycles. The maximum atomic E-state index is 10.9. The van der Waals surface area contributed by atoms with E-state index in [2.05, 4.69) is 6.92 Å². The molecule has 1 aliphatic carbocycles. The number of ether oxygens (including phenoxy) is 1. The summed E-state index contributed by atoms with van der Waals surface area (Å²) < 4.78 is 4.86. The van der Waals surface area contributed by atoms with E-state index in [1.807, 2.05) is 6.92 Å². The summed E-state index contributed by atoms with van der Waals surface area (Å²) >= 11 is 0. The van der Waals surface area contributed by atoms with Gasteiger partial charge in [0.1, 0.15) is 0 Å². The monoisotopic (exact) mass is 142 g/mol. The molecule has 1 rings (SSSR count). The number of carbonyl (C=O) groups is 1. The van der Waals surface area contributed by atoms with E-state index in [-0.39, 0.29) is 11.9 Å². The van der Waals surface area contributed by atoms with E-state index >= 15 is 0 Å². The molecule has 0 saturated heterocycles. The van der Waals surface area contributed by atoms with Gasteiger partial charge in [-0.1, -0.05) is 6.92 Å². The normalized spacial score (nSPS) is 31.0. The first-order valence-corrected chi connectivity index (χ1v) is 3.90. The molecule has 0 unspecified atom stereocenters. The molecule has 0 aromatic carbocycles. The van der Waals surface area contributed by atoms with Gasteiger partial charge in [0.2, 0.25) is 0 Å². The summed E-state index contributed by atoms with van der Waals surface area (Å²) in [7, 11) is 0. The van der Waals surface area contributed by atoms with Crippen molar-refractivity contribution in [3.63, 3.8) is 0 Å². The van der Waals surface area contributed by atoms with Gasteiger partial charge in [0.15, 0.2) is 0 Å². The fourth-order valence-corrected chi connectivity index (χ4v) is 1.35. The highest BCUT2D eigenvalue weighted by Gasteiger charge is 2.32. The van der Waals surface area contributed by atoms with Gasteiger partial charge in [-0.25, -0.2) is 0 Å². The highest BCUT2D eigenvalue weighted by molar-refractivity contribution is 5.73.